The van der Waals surface area contributed by atoms with Gasteiger partial charge in [0.25, 0.3) is 17.5 Å². The fourth-order valence-electron chi connectivity index (χ4n) is 3.49. The topological polar surface area (TPSA) is 147 Å². The van der Waals surface area contributed by atoms with Crippen LogP contribution in [0.2, 0.25) is 0 Å². The quantitative estimate of drug-likeness (QED) is 0.347. The van der Waals surface area contributed by atoms with Crippen LogP contribution in [0.3, 0.4) is 0 Å². The summed E-state index contributed by atoms with van der Waals surface area (Å²) in [5, 5.41) is 23.9. The van der Waals surface area contributed by atoms with Crippen LogP contribution < -0.4 is 4.90 Å². The van der Waals surface area contributed by atoms with Crippen LogP contribution in [0.15, 0.2) is 69.5 Å². The second-order valence-corrected chi connectivity index (χ2v) is 6.86. The van der Waals surface area contributed by atoms with E-state index in [1.807, 2.05) is 0 Å². The molecule has 0 saturated carbocycles. The minimum Gasteiger partial charge on any atom is -0.337 e. The predicted octanol–water partition coefficient (Wildman–Crippen LogP) is 2.14. The van der Waals surface area contributed by atoms with Gasteiger partial charge in [-0.25, -0.2) is 4.90 Å². The van der Waals surface area contributed by atoms with Crippen LogP contribution in [0, 0.1) is 10.1 Å². The molecule has 0 radical (unpaired) electrons. The van der Waals surface area contributed by atoms with E-state index in [1.165, 1.54) is 29.3 Å². The molecule has 12 heteroatoms. The van der Waals surface area contributed by atoms with Crippen LogP contribution in [0.25, 0.3) is 11.4 Å². The van der Waals surface area contributed by atoms with Gasteiger partial charge in [0, 0.05) is 17.7 Å². The molecule has 3 heterocycles. The first kappa shape index (κ1) is 18.5. The van der Waals surface area contributed by atoms with Gasteiger partial charge in [-0.2, -0.15) is 10.1 Å². The lowest BCUT2D eigenvalue weighted by atomic mass is 10.1. The Morgan fingerprint density at radius 2 is 1.77 bits per heavy atom. The molecule has 154 valence electrons. The number of rotatable bonds is 5. The van der Waals surface area contributed by atoms with E-state index < -0.39 is 28.8 Å². The molecule has 0 aliphatic carbocycles. The fourth-order valence-corrected chi connectivity index (χ4v) is 3.49. The lowest BCUT2D eigenvalue weighted by molar-refractivity contribution is -0.384. The number of amides is 2. The molecule has 1 aromatic heterocycles. The Morgan fingerprint density at radius 1 is 1.03 bits per heavy atom. The van der Waals surface area contributed by atoms with Crippen LogP contribution in [-0.4, -0.2) is 44.0 Å². The first-order valence-electron chi connectivity index (χ1n) is 9.20. The van der Waals surface area contributed by atoms with Crippen molar-refractivity contribution >= 4 is 23.2 Å². The molecule has 31 heavy (non-hydrogen) atoms. The SMILES string of the molecule is O=C1[C@H]2N=NN(Cc3nc(-c4ccc([N+](=O)[O-])cc4)no3)[C@H]2C(=O)N1c1ccccc1. The van der Waals surface area contributed by atoms with Crippen molar-refractivity contribution in [3.63, 3.8) is 0 Å². The molecule has 0 unspecified atom stereocenters. The van der Waals surface area contributed by atoms with Gasteiger partial charge in [-0.1, -0.05) is 28.6 Å². The van der Waals surface area contributed by atoms with E-state index >= 15 is 0 Å². The highest BCUT2D eigenvalue weighted by Gasteiger charge is 2.55. The van der Waals surface area contributed by atoms with E-state index in [4.69, 9.17) is 4.52 Å². The summed E-state index contributed by atoms with van der Waals surface area (Å²) in [6, 6.07) is 12.5. The van der Waals surface area contributed by atoms with Gasteiger partial charge in [-0.05, 0) is 24.3 Å². The molecule has 2 amide bonds. The van der Waals surface area contributed by atoms with Gasteiger partial charge >= 0.3 is 0 Å². The standard InChI is InChI=1S/C19H13N7O5/c27-18-15-16(19(28)25(18)12-4-2-1-3-5-12)24(23-21-15)10-14-20-17(22-31-14)11-6-8-13(9-7-11)26(29)30/h1-9,15-16H,10H2/t15-,16+/m0/s1. The molecule has 1 saturated heterocycles. The monoisotopic (exact) mass is 419 g/mol. The van der Waals surface area contributed by atoms with Gasteiger partial charge in [-0.15, -0.1) is 0 Å². The predicted molar refractivity (Wildman–Crippen MR) is 103 cm³/mol. The molecular formula is C19H13N7O5. The molecule has 2 aliphatic rings. The van der Waals surface area contributed by atoms with Crippen LogP contribution in [0.5, 0.6) is 0 Å². The summed E-state index contributed by atoms with van der Waals surface area (Å²) >= 11 is 0. The Labute approximate surface area is 173 Å². The van der Waals surface area contributed by atoms with E-state index in [0.717, 1.165) is 4.90 Å². The summed E-state index contributed by atoms with van der Waals surface area (Å²) in [5.74, 6) is -0.477. The maximum absolute atomic E-state index is 12.9. The number of hydrogen-bond donors (Lipinski definition) is 0. The third-order valence-electron chi connectivity index (χ3n) is 4.97. The summed E-state index contributed by atoms with van der Waals surface area (Å²) < 4.78 is 5.23. The number of nitro benzene ring substituents is 1. The molecular weight excluding hydrogens is 406 g/mol. The summed E-state index contributed by atoms with van der Waals surface area (Å²) in [4.78, 5) is 41.3. The Hall–Kier alpha value is -4.48. The minimum absolute atomic E-state index is 0.0215. The molecule has 0 N–H and O–H groups in total. The summed E-state index contributed by atoms with van der Waals surface area (Å²) in [7, 11) is 0. The van der Waals surface area contributed by atoms with Crippen molar-refractivity contribution in [2.75, 3.05) is 4.90 Å². The van der Waals surface area contributed by atoms with Crippen LogP contribution in [0.4, 0.5) is 11.4 Å². The number of nitro groups is 1. The number of anilines is 1. The van der Waals surface area contributed by atoms with E-state index in [9.17, 15) is 19.7 Å². The molecule has 3 aromatic rings. The third-order valence-corrected chi connectivity index (χ3v) is 4.97. The second kappa shape index (κ2) is 7.09. The zero-order chi connectivity index (χ0) is 21.5. The average Bonchev–Trinajstić information content (AvgIpc) is 3.47. The number of nitrogens with zero attached hydrogens (tertiary/aromatic N) is 7. The van der Waals surface area contributed by atoms with E-state index in [1.54, 1.807) is 30.3 Å². The van der Waals surface area contributed by atoms with Gasteiger partial charge in [-0.3, -0.25) is 24.7 Å². The van der Waals surface area contributed by atoms with Crippen molar-refractivity contribution in [2.24, 2.45) is 10.3 Å². The van der Waals surface area contributed by atoms with E-state index in [-0.39, 0.29) is 23.9 Å². The first-order chi connectivity index (χ1) is 15.0. The Balaban J connectivity index is 1.34. The summed E-state index contributed by atoms with van der Waals surface area (Å²) in [5.41, 5.74) is 0.951. The van der Waals surface area contributed by atoms with Crippen molar-refractivity contribution < 1.29 is 19.0 Å². The highest BCUT2D eigenvalue weighted by molar-refractivity contribution is 6.25. The zero-order valence-electron chi connectivity index (χ0n) is 15.7. The maximum atomic E-state index is 12.9. The van der Waals surface area contributed by atoms with Crippen LogP contribution in [-0.2, 0) is 16.1 Å². The van der Waals surface area contributed by atoms with Gasteiger partial charge in [0.05, 0.1) is 10.6 Å². The molecule has 0 bridgehead atoms. The van der Waals surface area contributed by atoms with Crippen molar-refractivity contribution in [1.82, 2.24) is 15.1 Å². The van der Waals surface area contributed by atoms with Gasteiger partial charge in [0.1, 0.15) is 6.54 Å². The van der Waals surface area contributed by atoms with Crippen LogP contribution >= 0.6 is 0 Å². The lowest BCUT2D eigenvalue weighted by Crippen LogP contribution is -2.39. The lowest BCUT2D eigenvalue weighted by Gasteiger charge is -2.19. The highest BCUT2D eigenvalue weighted by atomic mass is 16.6. The Morgan fingerprint density at radius 3 is 2.48 bits per heavy atom. The molecule has 5 rings (SSSR count). The van der Waals surface area contributed by atoms with Gasteiger partial charge < -0.3 is 4.52 Å². The van der Waals surface area contributed by atoms with Gasteiger partial charge in [0.15, 0.2) is 12.1 Å². The summed E-state index contributed by atoms with van der Waals surface area (Å²) in [6.45, 7) is -0.0215. The summed E-state index contributed by atoms with van der Waals surface area (Å²) in [6.07, 6.45) is 0. The zero-order valence-corrected chi connectivity index (χ0v) is 15.7. The fraction of sp³-hybridized carbons (Fsp3) is 0.158. The largest absolute Gasteiger partial charge is 0.337 e. The Bertz CT molecular complexity index is 1210. The molecule has 1 fully saturated rings. The number of non-ortho nitro benzene ring substituents is 1. The van der Waals surface area contributed by atoms with Gasteiger partial charge in [0.2, 0.25) is 11.7 Å². The maximum Gasteiger partial charge on any atom is 0.269 e. The molecule has 0 spiro atoms. The molecule has 12 nitrogen and oxygen atoms in total. The molecule has 2 aromatic carbocycles. The number of aromatic nitrogens is 2. The van der Waals surface area contributed by atoms with E-state index in [0.29, 0.717) is 11.3 Å². The average molecular weight is 419 g/mol. The number of hydrogen-bond acceptors (Lipinski definition) is 10. The third kappa shape index (κ3) is 3.10. The number of fused-ring (bicyclic) bond motifs is 1. The van der Waals surface area contributed by atoms with Crippen LogP contribution in [0.1, 0.15) is 5.89 Å². The smallest absolute Gasteiger partial charge is 0.269 e. The second-order valence-electron chi connectivity index (χ2n) is 6.86. The minimum atomic E-state index is -0.926. The number of carbonyl (C=O) groups is 2. The highest BCUT2D eigenvalue weighted by Crippen LogP contribution is 2.32. The number of benzene rings is 2. The Kier molecular flexibility index (Phi) is 4.24. The number of imide groups is 1. The van der Waals surface area contributed by atoms with Crippen molar-refractivity contribution in [2.45, 2.75) is 18.6 Å². The normalized spacial score (nSPS) is 19.9. The number of carbonyl (C=O) groups excluding carboxylic acids is 2. The first-order valence-corrected chi connectivity index (χ1v) is 9.20. The molecule has 2 aliphatic heterocycles. The molecule has 2 atom stereocenters. The van der Waals surface area contributed by atoms with Crippen molar-refractivity contribution in [3.8, 4) is 11.4 Å². The number of para-hydroxylation sites is 1. The van der Waals surface area contributed by atoms with E-state index in [2.05, 4.69) is 20.5 Å². The van der Waals surface area contributed by atoms with Crippen molar-refractivity contribution in [3.05, 3.63) is 70.6 Å². The van der Waals surface area contributed by atoms with Crippen molar-refractivity contribution in [1.29, 1.82) is 0 Å².